The van der Waals surface area contributed by atoms with Gasteiger partial charge in [-0.25, -0.2) is 9.78 Å². The molecule has 1 unspecified atom stereocenters. The third-order valence-corrected chi connectivity index (χ3v) is 4.04. The zero-order valence-corrected chi connectivity index (χ0v) is 11.1. The van der Waals surface area contributed by atoms with E-state index in [9.17, 15) is 4.79 Å². The topological polar surface area (TPSA) is 74.4 Å². The SMILES string of the molecule is COC(=O)c1nc(C2COc3ccccc32)sc1N. The van der Waals surface area contributed by atoms with Crippen molar-refractivity contribution in [1.29, 1.82) is 0 Å². The molecule has 6 heteroatoms. The van der Waals surface area contributed by atoms with Gasteiger partial charge in [0.2, 0.25) is 0 Å². The Morgan fingerprint density at radius 2 is 2.32 bits per heavy atom. The van der Waals surface area contributed by atoms with Crippen LogP contribution in [0, 0.1) is 0 Å². The summed E-state index contributed by atoms with van der Waals surface area (Å²) in [7, 11) is 1.31. The maximum atomic E-state index is 11.5. The fourth-order valence-electron chi connectivity index (χ4n) is 2.11. The highest BCUT2D eigenvalue weighted by molar-refractivity contribution is 7.16. The average Bonchev–Trinajstić information content (AvgIpc) is 3.01. The summed E-state index contributed by atoms with van der Waals surface area (Å²) in [5.74, 6) is 0.384. The summed E-state index contributed by atoms with van der Waals surface area (Å²) in [5, 5.41) is 1.16. The fraction of sp³-hybridized carbons (Fsp3) is 0.231. The lowest BCUT2D eigenvalue weighted by Crippen LogP contribution is -2.06. The molecule has 0 fully saturated rings. The number of carbonyl (C=O) groups is 1. The highest BCUT2D eigenvalue weighted by Gasteiger charge is 2.30. The molecule has 0 amide bonds. The van der Waals surface area contributed by atoms with Crippen LogP contribution >= 0.6 is 11.3 Å². The second-order valence-corrected chi connectivity index (χ2v) is 5.22. The van der Waals surface area contributed by atoms with Crippen LogP contribution in [-0.4, -0.2) is 24.7 Å². The number of methoxy groups -OCH3 is 1. The number of esters is 1. The van der Waals surface area contributed by atoms with Gasteiger partial charge >= 0.3 is 5.97 Å². The summed E-state index contributed by atoms with van der Waals surface area (Å²) in [5.41, 5.74) is 7.08. The quantitative estimate of drug-likeness (QED) is 0.849. The van der Waals surface area contributed by atoms with Crippen molar-refractivity contribution in [3.8, 4) is 5.75 Å². The second-order valence-electron chi connectivity index (χ2n) is 4.16. The van der Waals surface area contributed by atoms with E-state index in [0.29, 0.717) is 11.6 Å². The fourth-order valence-corrected chi connectivity index (χ4v) is 3.03. The minimum Gasteiger partial charge on any atom is -0.492 e. The first-order chi connectivity index (χ1) is 9.20. The van der Waals surface area contributed by atoms with E-state index in [0.717, 1.165) is 16.3 Å². The monoisotopic (exact) mass is 276 g/mol. The van der Waals surface area contributed by atoms with Gasteiger partial charge in [-0.2, -0.15) is 0 Å². The summed E-state index contributed by atoms with van der Waals surface area (Å²) >= 11 is 1.30. The number of fused-ring (bicyclic) bond motifs is 1. The minimum atomic E-state index is -0.507. The Hall–Kier alpha value is -2.08. The molecule has 0 saturated carbocycles. The highest BCUT2D eigenvalue weighted by atomic mass is 32.1. The number of nitrogens with two attached hydrogens (primary N) is 1. The van der Waals surface area contributed by atoms with Crippen LogP contribution in [0.25, 0.3) is 0 Å². The maximum absolute atomic E-state index is 11.5. The number of carbonyl (C=O) groups excluding carboxylic acids is 1. The first-order valence-electron chi connectivity index (χ1n) is 5.77. The van der Waals surface area contributed by atoms with Crippen molar-refractivity contribution in [3.63, 3.8) is 0 Å². The van der Waals surface area contributed by atoms with Crippen LogP contribution in [-0.2, 0) is 4.74 Å². The summed E-state index contributed by atoms with van der Waals surface area (Å²) in [6, 6.07) is 7.81. The zero-order valence-electron chi connectivity index (χ0n) is 10.3. The molecule has 1 atom stereocenters. The molecule has 0 spiro atoms. The molecule has 2 heterocycles. The van der Waals surface area contributed by atoms with Crippen molar-refractivity contribution in [1.82, 2.24) is 4.98 Å². The van der Waals surface area contributed by atoms with Crippen molar-refractivity contribution in [2.24, 2.45) is 0 Å². The number of ether oxygens (including phenoxy) is 2. The van der Waals surface area contributed by atoms with Gasteiger partial charge in [-0.15, -0.1) is 11.3 Å². The molecule has 98 valence electrons. The number of hydrogen-bond acceptors (Lipinski definition) is 6. The van der Waals surface area contributed by atoms with Crippen LogP contribution in [0.15, 0.2) is 24.3 Å². The predicted molar refractivity (Wildman–Crippen MR) is 71.6 cm³/mol. The number of nitrogen functional groups attached to an aromatic ring is 1. The van der Waals surface area contributed by atoms with Crippen molar-refractivity contribution in [2.75, 3.05) is 19.5 Å². The normalized spacial score (nSPS) is 16.8. The number of rotatable bonds is 2. The molecular weight excluding hydrogens is 264 g/mol. The van der Waals surface area contributed by atoms with Crippen LogP contribution in [0.4, 0.5) is 5.00 Å². The summed E-state index contributed by atoms with van der Waals surface area (Å²) in [6.07, 6.45) is 0. The Kier molecular flexibility index (Phi) is 2.87. The molecule has 2 N–H and O–H groups in total. The lowest BCUT2D eigenvalue weighted by molar-refractivity contribution is 0.0596. The summed E-state index contributed by atoms with van der Waals surface area (Å²) in [6.45, 7) is 0.521. The third kappa shape index (κ3) is 1.94. The first kappa shape index (κ1) is 12.0. The molecule has 2 aromatic rings. The van der Waals surface area contributed by atoms with Gasteiger partial charge in [-0.05, 0) is 6.07 Å². The number of hydrogen-bond donors (Lipinski definition) is 1. The molecule has 0 aliphatic carbocycles. The van der Waals surface area contributed by atoms with Gasteiger partial charge in [0.15, 0.2) is 5.69 Å². The Labute approximate surface area is 114 Å². The Morgan fingerprint density at radius 3 is 3.11 bits per heavy atom. The molecule has 0 bridgehead atoms. The molecule has 1 aliphatic rings. The van der Waals surface area contributed by atoms with E-state index in [4.69, 9.17) is 10.5 Å². The van der Waals surface area contributed by atoms with Crippen molar-refractivity contribution < 1.29 is 14.3 Å². The van der Waals surface area contributed by atoms with Crippen LogP contribution in [0.2, 0.25) is 0 Å². The van der Waals surface area contributed by atoms with Crippen LogP contribution < -0.4 is 10.5 Å². The molecule has 0 saturated heterocycles. The standard InChI is InChI=1S/C13H12N2O3S/c1-17-13(16)10-11(14)19-12(15-10)8-6-18-9-5-3-2-4-7(8)9/h2-5,8H,6,14H2,1H3. The molecule has 0 radical (unpaired) electrons. The predicted octanol–water partition coefficient (Wildman–Crippen LogP) is 2.04. The van der Waals surface area contributed by atoms with E-state index in [2.05, 4.69) is 9.72 Å². The van der Waals surface area contributed by atoms with E-state index >= 15 is 0 Å². The van der Waals surface area contributed by atoms with Gasteiger partial charge in [-0.3, -0.25) is 0 Å². The Morgan fingerprint density at radius 1 is 1.53 bits per heavy atom. The van der Waals surface area contributed by atoms with Crippen LogP contribution in [0.1, 0.15) is 27.0 Å². The number of aromatic nitrogens is 1. The molecular formula is C13H12N2O3S. The first-order valence-corrected chi connectivity index (χ1v) is 6.58. The molecule has 3 rings (SSSR count). The van der Waals surface area contributed by atoms with Gasteiger partial charge in [0.1, 0.15) is 22.4 Å². The Bertz CT molecular complexity index is 639. The number of benzene rings is 1. The lowest BCUT2D eigenvalue weighted by atomic mass is 10.0. The summed E-state index contributed by atoms with van der Waals surface area (Å²) in [4.78, 5) is 15.8. The van der Waals surface area contributed by atoms with Crippen LogP contribution in [0.3, 0.4) is 0 Å². The molecule has 19 heavy (non-hydrogen) atoms. The van der Waals surface area contributed by atoms with Crippen molar-refractivity contribution >= 4 is 22.3 Å². The number of para-hydroxylation sites is 1. The molecule has 1 aliphatic heterocycles. The molecule has 1 aromatic heterocycles. The van der Waals surface area contributed by atoms with Gasteiger partial charge in [0, 0.05) is 5.56 Å². The maximum Gasteiger partial charge on any atom is 0.359 e. The highest BCUT2D eigenvalue weighted by Crippen LogP contribution is 2.40. The molecule has 5 nitrogen and oxygen atoms in total. The minimum absolute atomic E-state index is 0.0295. The van der Waals surface area contributed by atoms with Gasteiger partial charge in [0.05, 0.1) is 13.0 Å². The Balaban J connectivity index is 1.99. The van der Waals surface area contributed by atoms with E-state index < -0.39 is 5.97 Å². The average molecular weight is 276 g/mol. The van der Waals surface area contributed by atoms with Crippen LogP contribution in [0.5, 0.6) is 5.75 Å². The van der Waals surface area contributed by atoms with E-state index in [1.165, 1.54) is 18.4 Å². The van der Waals surface area contributed by atoms with Crippen molar-refractivity contribution in [3.05, 3.63) is 40.5 Å². The second kappa shape index (κ2) is 4.55. The lowest BCUT2D eigenvalue weighted by Gasteiger charge is -2.03. The third-order valence-electron chi connectivity index (χ3n) is 3.05. The number of thiazole rings is 1. The van der Waals surface area contributed by atoms with E-state index in [1.807, 2.05) is 24.3 Å². The van der Waals surface area contributed by atoms with Gasteiger partial charge < -0.3 is 15.2 Å². The smallest absolute Gasteiger partial charge is 0.359 e. The van der Waals surface area contributed by atoms with E-state index in [1.54, 1.807) is 0 Å². The van der Waals surface area contributed by atoms with E-state index in [-0.39, 0.29) is 11.6 Å². The largest absolute Gasteiger partial charge is 0.492 e. The summed E-state index contributed by atoms with van der Waals surface area (Å²) < 4.78 is 10.3. The van der Waals surface area contributed by atoms with Gasteiger partial charge in [-0.1, -0.05) is 18.2 Å². The van der Waals surface area contributed by atoms with Crippen molar-refractivity contribution in [2.45, 2.75) is 5.92 Å². The number of nitrogens with zero attached hydrogens (tertiary/aromatic N) is 1. The zero-order chi connectivity index (χ0) is 13.4. The van der Waals surface area contributed by atoms with Gasteiger partial charge in [0.25, 0.3) is 0 Å². The molecule has 1 aromatic carbocycles. The number of anilines is 1.